The summed E-state index contributed by atoms with van der Waals surface area (Å²) in [6.45, 7) is 2.16. The predicted molar refractivity (Wildman–Crippen MR) is 72.1 cm³/mol. The Morgan fingerprint density at radius 1 is 1.42 bits per heavy atom. The minimum atomic E-state index is -1.01. The van der Waals surface area contributed by atoms with E-state index >= 15 is 0 Å². The number of carbonyl (C=O) groups is 2. The summed E-state index contributed by atoms with van der Waals surface area (Å²) in [7, 11) is 0. The largest absolute Gasteiger partial charge is 0.478 e. The van der Waals surface area contributed by atoms with E-state index in [2.05, 4.69) is 5.32 Å². The molecule has 0 aromatic heterocycles. The van der Waals surface area contributed by atoms with E-state index in [1.807, 2.05) is 6.92 Å². The number of aromatic carboxylic acids is 1. The van der Waals surface area contributed by atoms with Crippen LogP contribution in [-0.2, 0) is 4.79 Å². The smallest absolute Gasteiger partial charge is 0.335 e. The summed E-state index contributed by atoms with van der Waals surface area (Å²) in [4.78, 5) is 23.2. The van der Waals surface area contributed by atoms with Crippen LogP contribution in [0.5, 0.6) is 0 Å². The van der Waals surface area contributed by atoms with Crippen LogP contribution >= 0.6 is 0 Å². The van der Waals surface area contributed by atoms with Crippen molar-refractivity contribution in [3.63, 3.8) is 0 Å². The van der Waals surface area contributed by atoms with Crippen LogP contribution < -0.4 is 11.1 Å². The number of benzene rings is 1. The molecule has 0 heterocycles. The highest BCUT2D eigenvalue weighted by Gasteiger charge is 2.42. The molecule has 1 aliphatic rings. The maximum absolute atomic E-state index is 12.2. The average molecular weight is 262 g/mol. The van der Waals surface area contributed by atoms with E-state index in [1.165, 1.54) is 12.1 Å². The van der Waals surface area contributed by atoms with Crippen LogP contribution in [0.3, 0.4) is 0 Å². The molecule has 1 aromatic carbocycles. The third-order valence-electron chi connectivity index (χ3n) is 3.92. The maximum atomic E-state index is 12.2. The lowest BCUT2D eigenvalue weighted by atomic mass is 9.68. The molecule has 1 aliphatic carbocycles. The third-order valence-corrected chi connectivity index (χ3v) is 3.92. The number of hydrogen-bond donors (Lipinski definition) is 3. The minimum Gasteiger partial charge on any atom is -0.478 e. The topological polar surface area (TPSA) is 92.4 Å². The first-order valence-corrected chi connectivity index (χ1v) is 6.34. The normalized spacial score (nSPS) is 16.5. The molecule has 1 fully saturated rings. The molecule has 2 rings (SSSR count). The van der Waals surface area contributed by atoms with Crippen molar-refractivity contribution in [2.75, 3.05) is 11.9 Å². The molecule has 0 aliphatic heterocycles. The number of carboxylic acids is 1. The molecule has 0 unspecified atom stereocenters. The molecule has 0 spiro atoms. The van der Waals surface area contributed by atoms with E-state index < -0.39 is 11.4 Å². The second-order valence-corrected chi connectivity index (χ2v) is 5.13. The Labute approximate surface area is 111 Å². The van der Waals surface area contributed by atoms with Crippen molar-refractivity contribution in [2.45, 2.75) is 26.2 Å². The van der Waals surface area contributed by atoms with Crippen molar-refractivity contribution < 1.29 is 14.7 Å². The Kier molecular flexibility index (Phi) is 3.57. The lowest BCUT2D eigenvalue weighted by molar-refractivity contribution is -0.129. The zero-order chi connectivity index (χ0) is 14.0. The van der Waals surface area contributed by atoms with E-state index in [1.54, 1.807) is 6.07 Å². The fourth-order valence-corrected chi connectivity index (χ4v) is 2.27. The zero-order valence-corrected chi connectivity index (χ0v) is 10.9. The van der Waals surface area contributed by atoms with Crippen molar-refractivity contribution in [1.29, 1.82) is 0 Å². The Morgan fingerprint density at radius 2 is 2.11 bits per heavy atom. The number of hydrogen-bond acceptors (Lipinski definition) is 3. The van der Waals surface area contributed by atoms with Gasteiger partial charge in [0.15, 0.2) is 0 Å². The van der Waals surface area contributed by atoms with Gasteiger partial charge in [-0.2, -0.15) is 0 Å². The molecule has 0 bridgehead atoms. The molecular formula is C14H18N2O3. The van der Waals surface area contributed by atoms with Gasteiger partial charge in [-0.15, -0.1) is 0 Å². The van der Waals surface area contributed by atoms with Gasteiger partial charge in [0.1, 0.15) is 0 Å². The number of carbonyl (C=O) groups excluding carboxylic acids is 1. The average Bonchev–Trinajstić information content (AvgIpc) is 2.31. The van der Waals surface area contributed by atoms with E-state index in [0.29, 0.717) is 12.2 Å². The quantitative estimate of drug-likeness (QED) is 0.771. The summed E-state index contributed by atoms with van der Waals surface area (Å²) in [6.07, 6.45) is 2.61. The lowest BCUT2D eigenvalue weighted by Gasteiger charge is -2.39. The van der Waals surface area contributed by atoms with Gasteiger partial charge in [0.05, 0.1) is 11.0 Å². The molecule has 0 atom stereocenters. The molecule has 0 radical (unpaired) electrons. The van der Waals surface area contributed by atoms with Crippen LogP contribution in [0.4, 0.5) is 5.69 Å². The van der Waals surface area contributed by atoms with Gasteiger partial charge in [-0.05, 0) is 37.5 Å². The van der Waals surface area contributed by atoms with Crippen LogP contribution in [0, 0.1) is 12.3 Å². The molecule has 19 heavy (non-hydrogen) atoms. The molecule has 4 N–H and O–H groups in total. The predicted octanol–water partition coefficient (Wildman–Crippen LogP) is 1.76. The van der Waals surface area contributed by atoms with Gasteiger partial charge in [-0.1, -0.05) is 12.5 Å². The monoisotopic (exact) mass is 262 g/mol. The first-order valence-electron chi connectivity index (χ1n) is 6.34. The molecule has 102 valence electrons. The number of aryl methyl sites for hydroxylation is 1. The van der Waals surface area contributed by atoms with Gasteiger partial charge in [-0.3, -0.25) is 4.79 Å². The summed E-state index contributed by atoms with van der Waals surface area (Å²) in [5, 5.41) is 11.8. The van der Waals surface area contributed by atoms with Crippen molar-refractivity contribution in [3.8, 4) is 0 Å². The molecule has 1 amide bonds. The molecule has 0 saturated heterocycles. The van der Waals surface area contributed by atoms with Gasteiger partial charge >= 0.3 is 5.97 Å². The Bertz CT molecular complexity index is 516. The fraction of sp³-hybridized carbons (Fsp3) is 0.429. The second-order valence-electron chi connectivity index (χ2n) is 5.13. The van der Waals surface area contributed by atoms with E-state index in [4.69, 9.17) is 10.8 Å². The van der Waals surface area contributed by atoms with E-state index in [0.717, 1.165) is 24.8 Å². The van der Waals surface area contributed by atoms with Gasteiger partial charge < -0.3 is 16.2 Å². The summed E-state index contributed by atoms with van der Waals surface area (Å²) in [6, 6.07) is 4.70. The van der Waals surface area contributed by atoms with Gasteiger partial charge in [-0.25, -0.2) is 4.79 Å². The Hall–Kier alpha value is -1.88. The minimum absolute atomic E-state index is 0.105. The maximum Gasteiger partial charge on any atom is 0.335 e. The van der Waals surface area contributed by atoms with Crippen molar-refractivity contribution in [2.24, 2.45) is 11.1 Å². The number of amides is 1. The van der Waals surface area contributed by atoms with Gasteiger partial charge in [0.25, 0.3) is 0 Å². The van der Waals surface area contributed by atoms with E-state index in [-0.39, 0.29) is 11.5 Å². The molecule has 5 heteroatoms. The summed E-state index contributed by atoms with van der Waals surface area (Å²) in [5.41, 5.74) is 6.77. The molecule has 5 nitrogen and oxygen atoms in total. The standard InChI is InChI=1S/C14H18N2O3/c1-9-3-4-10(12(17)18)7-11(9)16-13(19)14(8-15)5-2-6-14/h3-4,7H,2,5-6,8,15H2,1H3,(H,16,19)(H,17,18). The van der Waals surface area contributed by atoms with Crippen LogP contribution in [-0.4, -0.2) is 23.5 Å². The van der Waals surface area contributed by atoms with Crippen LogP contribution in [0.1, 0.15) is 35.2 Å². The second kappa shape index (κ2) is 5.01. The number of rotatable bonds is 4. The zero-order valence-electron chi connectivity index (χ0n) is 10.9. The number of nitrogens with one attached hydrogen (secondary N) is 1. The fourth-order valence-electron chi connectivity index (χ4n) is 2.27. The van der Waals surface area contributed by atoms with E-state index in [9.17, 15) is 9.59 Å². The first-order chi connectivity index (χ1) is 8.98. The van der Waals surface area contributed by atoms with Crippen molar-refractivity contribution in [1.82, 2.24) is 0 Å². The van der Waals surface area contributed by atoms with Crippen molar-refractivity contribution in [3.05, 3.63) is 29.3 Å². The van der Waals surface area contributed by atoms with Gasteiger partial charge in [0.2, 0.25) is 5.91 Å². The first kappa shape index (κ1) is 13.5. The Balaban J connectivity index is 2.21. The van der Waals surface area contributed by atoms with Gasteiger partial charge in [0, 0.05) is 12.2 Å². The highest BCUT2D eigenvalue weighted by Crippen LogP contribution is 2.41. The number of carboxylic acid groups (broad SMARTS) is 1. The summed E-state index contributed by atoms with van der Waals surface area (Å²) >= 11 is 0. The third kappa shape index (κ3) is 2.46. The summed E-state index contributed by atoms with van der Waals surface area (Å²) in [5.74, 6) is -1.11. The number of nitrogens with two attached hydrogens (primary N) is 1. The molecular weight excluding hydrogens is 244 g/mol. The highest BCUT2D eigenvalue weighted by atomic mass is 16.4. The number of anilines is 1. The van der Waals surface area contributed by atoms with Crippen LogP contribution in [0.25, 0.3) is 0 Å². The Morgan fingerprint density at radius 3 is 2.58 bits per heavy atom. The summed E-state index contributed by atoms with van der Waals surface area (Å²) < 4.78 is 0. The molecule has 1 saturated carbocycles. The molecule has 1 aromatic rings. The highest BCUT2D eigenvalue weighted by molar-refractivity contribution is 5.98. The SMILES string of the molecule is Cc1ccc(C(=O)O)cc1NC(=O)C1(CN)CCC1. The van der Waals surface area contributed by atoms with Crippen molar-refractivity contribution >= 4 is 17.6 Å². The van der Waals surface area contributed by atoms with Crippen LogP contribution in [0.2, 0.25) is 0 Å². The lowest BCUT2D eigenvalue weighted by Crippen LogP contribution is -2.47. The van der Waals surface area contributed by atoms with Crippen LogP contribution in [0.15, 0.2) is 18.2 Å².